The molecule has 0 unspecified atom stereocenters. The number of hydrogen-bond acceptors (Lipinski definition) is 1. The molecule has 0 saturated carbocycles. The molecule has 2 aromatic heterocycles. The van der Waals surface area contributed by atoms with Crippen molar-refractivity contribution in [2.75, 3.05) is 0 Å². The minimum absolute atomic E-state index is 0.419. The van der Waals surface area contributed by atoms with Crippen molar-refractivity contribution in [1.82, 2.24) is 9.97 Å². The predicted molar refractivity (Wildman–Crippen MR) is 53.8 cm³/mol. The van der Waals surface area contributed by atoms with Crippen LogP contribution in [0.5, 0.6) is 0 Å². The standard InChI is InChI=1S/C10H7ClN2/c1-3-7-5-9(11)13-10-8(7)4-6(2)12-10/h1,4-5H,2H3,(H,12,13). The Balaban J connectivity index is 2.90. The molecule has 0 fully saturated rings. The average Bonchev–Trinajstić information content (AvgIpc) is 2.43. The van der Waals surface area contributed by atoms with E-state index in [-0.39, 0.29) is 0 Å². The molecular weight excluding hydrogens is 184 g/mol. The Bertz CT molecular complexity index is 505. The molecule has 0 saturated heterocycles. The second-order valence-electron chi connectivity index (χ2n) is 2.85. The lowest BCUT2D eigenvalue weighted by Crippen LogP contribution is -1.82. The van der Waals surface area contributed by atoms with E-state index in [2.05, 4.69) is 15.9 Å². The molecule has 0 bridgehead atoms. The van der Waals surface area contributed by atoms with Gasteiger partial charge in [0.05, 0.1) is 0 Å². The summed E-state index contributed by atoms with van der Waals surface area (Å²) < 4.78 is 0. The first-order valence-corrected chi connectivity index (χ1v) is 4.21. The van der Waals surface area contributed by atoms with Crippen molar-refractivity contribution in [3.8, 4) is 12.3 Å². The van der Waals surface area contributed by atoms with Gasteiger partial charge in [-0.15, -0.1) is 6.42 Å². The molecule has 0 aliphatic carbocycles. The van der Waals surface area contributed by atoms with Gasteiger partial charge in [-0.3, -0.25) is 0 Å². The van der Waals surface area contributed by atoms with Crippen LogP contribution in [-0.2, 0) is 0 Å². The minimum atomic E-state index is 0.419. The second kappa shape index (κ2) is 2.79. The second-order valence-corrected chi connectivity index (χ2v) is 3.24. The number of H-pyrrole nitrogens is 1. The van der Waals surface area contributed by atoms with Gasteiger partial charge in [-0.05, 0) is 19.1 Å². The van der Waals surface area contributed by atoms with Gasteiger partial charge in [0.1, 0.15) is 10.8 Å². The van der Waals surface area contributed by atoms with Crippen LogP contribution in [0.4, 0.5) is 0 Å². The minimum Gasteiger partial charge on any atom is -0.343 e. The Morgan fingerprint density at radius 3 is 3.00 bits per heavy atom. The summed E-state index contributed by atoms with van der Waals surface area (Å²) in [5, 5.41) is 1.37. The summed E-state index contributed by atoms with van der Waals surface area (Å²) in [4.78, 5) is 7.20. The highest BCUT2D eigenvalue weighted by Gasteiger charge is 2.04. The van der Waals surface area contributed by atoms with Crippen molar-refractivity contribution < 1.29 is 0 Å². The topological polar surface area (TPSA) is 28.7 Å². The van der Waals surface area contributed by atoms with Crippen LogP contribution >= 0.6 is 11.6 Å². The van der Waals surface area contributed by atoms with Gasteiger partial charge >= 0.3 is 0 Å². The summed E-state index contributed by atoms with van der Waals surface area (Å²) in [6.07, 6.45) is 5.34. The number of fused-ring (bicyclic) bond motifs is 1. The van der Waals surface area contributed by atoms with Gasteiger partial charge in [0.15, 0.2) is 0 Å². The fourth-order valence-corrected chi connectivity index (χ4v) is 1.52. The van der Waals surface area contributed by atoms with Crippen LogP contribution in [0.2, 0.25) is 5.15 Å². The molecule has 2 rings (SSSR count). The number of halogens is 1. The third-order valence-corrected chi connectivity index (χ3v) is 2.05. The largest absolute Gasteiger partial charge is 0.343 e. The van der Waals surface area contributed by atoms with Gasteiger partial charge in [-0.25, -0.2) is 4.98 Å². The summed E-state index contributed by atoms with van der Waals surface area (Å²) >= 11 is 5.79. The highest BCUT2D eigenvalue weighted by atomic mass is 35.5. The first-order chi connectivity index (χ1) is 6.20. The number of aromatic nitrogens is 2. The number of nitrogens with zero attached hydrogens (tertiary/aromatic N) is 1. The molecular formula is C10H7ClN2. The monoisotopic (exact) mass is 190 g/mol. The Hall–Kier alpha value is -1.46. The zero-order valence-corrected chi connectivity index (χ0v) is 7.81. The van der Waals surface area contributed by atoms with Crippen LogP contribution in [-0.4, -0.2) is 9.97 Å². The van der Waals surface area contributed by atoms with Gasteiger partial charge in [-0.2, -0.15) is 0 Å². The normalized spacial score (nSPS) is 10.2. The number of hydrogen-bond donors (Lipinski definition) is 1. The molecule has 0 atom stereocenters. The van der Waals surface area contributed by atoms with Crippen LogP contribution in [0.25, 0.3) is 11.0 Å². The van der Waals surface area contributed by atoms with Gasteiger partial charge in [-0.1, -0.05) is 17.5 Å². The lowest BCUT2D eigenvalue weighted by atomic mass is 10.2. The third-order valence-electron chi connectivity index (χ3n) is 1.86. The van der Waals surface area contributed by atoms with E-state index in [0.29, 0.717) is 5.15 Å². The number of aryl methyl sites for hydroxylation is 1. The van der Waals surface area contributed by atoms with E-state index in [0.717, 1.165) is 22.3 Å². The smallest absolute Gasteiger partial charge is 0.140 e. The van der Waals surface area contributed by atoms with Gasteiger partial charge in [0, 0.05) is 16.6 Å². The Labute approximate surface area is 80.9 Å². The fraction of sp³-hybridized carbons (Fsp3) is 0.100. The molecule has 2 aromatic rings. The highest BCUT2D eigenvalue weighted by Crippen LogP contribution is 2.20. The fourth-order valence-electron chi connectivity index (χ4n) is 1.32. The molecule has 0 radical (unpaired) electrons. The Morgan fingerprint density at radius 1 is 1.54 bits per heavy atom. The van der Waals surface area contributed by atoms with Crippen molar-refractivity contribution in [1.29, 1.82) is 0 Å². The van der Waals surface area contributed by atoms with Crippen molar-refractivity contribution in [2.24, 2.45) is 0 Å². The molecule has 13 heavy (non-hydrogen) atoms. The summed E-state index contributed by atoms with van der Waals surface area (Å²) in [5.41, 5.74) is 2.55. The van der Waals surface area contributed by atoms with Crippen LogP contribution < -0.4 is 0 Å². The highest BCUT2D eigenvalue weighted by molar-refractivity contribution is 6.30. The van der Waals surface area contributed by atoms with E-state index in [1.54, 1.807) is 6.07 Å². The van der Waals surface area contributed by atoms with E-state index in [1.807, 2.05) is 13.0 Å². The first kappa shape index (κ1) is 8.15. The number of pyridine rings is 1. The van der Waals surface area contributed by atoms with Crippen LogP contribution in [0.3, 0.4) is 0 Å². The SMILES string of the molecule is C#Cc1cc(Cl)nc2[nH]c(C)cc12. The van der Waals surface area contributed by atoms with Crippen LogP contribution in [0.15, 0.2) is 12.1 Å². The van der Waals surface area contributed by atoms with Gasteiger partial charge in [0.2, 0.25) is 0 Å². The van der Waals surface area contributed by atoms with Gasteiger partial charge < -0.3 is 4.98 Å². The number of terminal acetylenes is 1. The molecule has 2 nitrogen and oxygen atoms in total. The summed E-state index contributed by atoms with van der Waals surface area (Å²) in [7, 11) is 0. The predicted octanol–water partition coefficient (Wildman–Crippen LogP) is 2.51. The number of rotatable bonds is 0. The molecule has 64 valence electrons. The Kier molecular flexibility index (Phi) is 1.75. The third kappa shape index (κ3) is 1.28. The van der Waals surface area contributed by atoms with Crippen molar-refractivity contribution in [3.63, 3.8) is 0 Å². The maximum atomic E-state index is 5.79. The molecule has 0 aliphatic rings. The lowest BCUT2D eigenvalue weighted by Gasteiger charge is -1.94. The Morgan fingerprint density at radius 2 is 2.31 bits per heavy atom. The molecule has 0 spiro atoms. The van der Waals surface area contributed by atoms with E-state index in [4.69, 9.17) is 18.0 Å². The molecule has 1 N–H and O–H groups in total. The summed E-state index contributed by atoms with van der Waals surface area (Å²) in [6, 6.07) is 3.66. The van der Waals surface area contributed by atoms with Gasteiger partial charge in [0.25, 0.3) is 0 Å². The molecule has 3 heteroatoms. The number of aromatic amines is 1. The van der Waals surface area contributed by atoms with Crippen LogP contribution in [0.1, 0.15) is 11.3 Å². The number of nitrogens with one attached hydrogen (secondary N) is 1. The van der Waals surface area contributed by atoms with E-state index < -0.39 is 0 Å². The van der Waals surface area contributed by atoms with Crippen LogP contribution in [0, 0.1) is 19.3 Å². The molecule has 0 amide bonds. The molecule has 2 heterocycles. The summed E-state index contributed by atoms with van der Waals surface area (Å²) in [6.45, 7) is 1.95. The van der Waals surface area contributed by atoms with E-state index in [1.165, 1.54) is 0 Å². The maximum Gasteiger partial charge on any atom is 0.140 e. The molecule has 0 aromatic carbocycles. The average molecular weight is 191 g/mol. The zero-order valence-electron chi connectivity index (χ0n) is 7.06. The van der Waals surface area contributed by atoms with Crippen molar-refractivity contribution in [2.45, 2.75) is 6.92 Å². The maximum absolute atomic E-state index is 5.79. The zero-order chi connectivity index (χ0) is 9.42. The molecule has 0 aliphatic heterocycles. The summed E-state index contributed by atoms with van der Waals surface area (Å²) in [5.74, 6) is 2.58. The van der Waals surface area contributed by atoms with Crippen molar-refractivity contribution in [3.05, 3.63) is 28.5 Å². The lowest BCUT2D eigenvalue weighted by molar-refractivity contribution is 1.25. The van der Waals surface area contributed by atoms with Crippen molar-refractivity contribution >= 4 is 22.6 Å². The van der Waals surface area contributed by atoms with E-state index in [9.17, 15) is 0 Å². The first-order valence-electron chi connectivity index (χ1n) is 3.83. The van der Waals surface area contributed by atoms with E-state index >= 15 is 0 Å². The quantitative estimate of drug-likeness (QED) is 0.502.